The summed E-state index contributed by atoms with van der Waals surface area (Å²) in [4.78, 5) is 0. The van der Waals surface area contributed by atoms with Gasteiger partial charge in [0.15, 0.2) is 0 Å². The number of benzene rings is 1. The molecule has 1 aromatic carbocycles. The molecule has 0 spiro atoms. The first-order valence-electron chi connectivity index (χ1n) is 6.87. The van der Waals surface area contributed by atoms with Gasteiger partial charge in [-0.1, -0.05) is 13.8 Å². The molecule has 0 aliphatic carbocycles. The van der Waals surface area contributed by atoms with Gasteiger partial charge in [0.05, 0.1) is 11.1 Å². The summed E-state index contributed by atoms with van der Waals surface area (Å²) in [7, 11) is 0. The summed E-state index contributed by atoms with van der Waals surface area (Å²) in [5.74, 6) is -0.984. The highest BCUT2D eigenvalue weighted by molar-refractivity contribution is 9.10. The molecule has 1 aromatic rings. The Bertz CT molecular complexity index is 473. The van der Waals surface area contributed by atoms with Crippen LogP contribution in [0.15, 0.2) is 16.6 Å². The fourth-order valence-corrected chi connectivity index (χ4v) is 2.89. The first kappa shape index (κ1) is 15.9. The van der Waals surface area contributed by atoms with E-state index in [1.54, 1.807) is 0 Å². The zero-order chi connectivity index (χ0) is 14.8. The van der Waals surface area contributed by atoms with Crippen molar-refractivity contribution in [3.8, 4) is 0 Å². The Morgan fingerprint density at radius 3 is 2.75 bits per heavy atom. The first-order valence-corrected chi connectivity index (χ1v) is 7.66. The average Bonchev–Trinajstić information content (AvgIpc) is 2.86. The van der Waals surface area contributed by atoms with Gasteiger partial charge >= 0.3 is 0 Å². The van der Waals surface area contributed by atoms with Crippen molar-refractivity contribution in [3.63, 3.8) is 0 Å². The van der Waals surface area contributed by atoms with E-state index in [9.17, 15) is 8.78 Å². The van der Waals surface area contributed by atoms with E-state index in [1.165, 1.54) is 12.1 Å². The molecule has 0 amide bonds. The maximum absolute atomic E-state index is 14.1. The minimum absolute atomic E-state index is 0.149. The molecule has 1 aliphatic rings. The fourth-order valence-electron chi connectivity index (χ4n) is 2.52. The van der Waals surface area contributed by atoms with E-state index in [0.29, 0.717) is 36.7 Å². The molecule has 2 nitrogen and oxygen atoms in total. The summed E-state index contributed by atoms with van der Waals surface area (Å²) >= 11 is 3.12. The third-order valence-electron chi connectivity index (χ3n) is 3.76. The van der Waals surface area contributed by atoms with Gasteiger partial charge in [-0.15, -0.1) is 0 Å². The van der Waals surface area contributed by atoms with Crippen LogP contribution in [0.2, 0.25) is 0 Å². The summed E-state index contributed by atoms with van der Waals surface area (Å²) < 4.78 is 33.9. The van der Waals surface area contributed by atoms with Crippen LogP contribution in [0.25, 0.3) is 0 Å². The molecular weight excluding hydrogens is 328 g/mol. The van der Waals surface area contributed by atoms with E-state index in [-0.39, 0.29) is 11.0 Å². The monoisotopic (exact) mass is 347 g/mol. The van der Waals surface area contributed by atoms with Gasteiger partial charge in [0.25, 0.3) is 0 Å². The quantitative estimate of drug-likeness (QED) is 0.820. The minimum Gasteiger partial charge on any atom is -0.381 e. The molecule has 2 rings (SSSR count). The van der Waals surface area contributed by atoms with Crippen LogP contribution in [0.3, 0.4) is 0 Å². The second kappa shape index (κ2) is 6.50. The van der Waals surface area contributed by atoms with Crippen LogP contribution < -0.4 is 5.32 Å². The smallest absolute Gasteiger partial charge is 0.143 e. The third-order valence-corrected chi connectivity index (χ3v) is 4.37. The van der Waals surface area contributed by atoms with Crippen LogP contribution in [0.1, 0.15) is 25.8 Å². The maximum atomic E-state index is 14.1. The Morgan fingerprint density at radius 2 is 2.15 bits per heavy atom. The molecule has 20 heavy (non-hydrogen) atoms. The summed E-state index contributed by atoms with van der Waals surface area (Å²) in [5.41, 5.74) is -0.0809. The second-order valence-corrected chi connectivity index (χ2v) is 6.69. The standard InChI is InChI=1S/C15H20BrF2NO/c1-10(2)19-8-15(5-6-20-9-15)7-11-13(17)4-3-12(16)14(11)18/h3-4,10,19H,5-9H2,1-2H3. The summed E-state index contributed by atoms with van der Waals surface area (Å²) in [6, 6.07) is 3.05. The largest absolute Gasteiger partial charge is 0.381 e. The lowest BCUT2D eigenvalue weighted by molar-refractivity contribution is 0.146. The van der Waals surface area contributed by atoms with Crippen molar-refractivity contribution in [1.82, 2.24) is 5.32 Å². The van der Waals surface area contributed by atoms with Gasteiger partial charge < -0.3 is 10.1 Å². The molecular formula is C15H20BrF2NO. The molecule has 0 radical (unpaired) electrons. The molecule has 1 aliphatic heterocycles. The number of hydrogen-bond acceptors (Lipinski definition) is 2. The second-order valence-electron chi connectivity index (χ2n) is 5.84. The zero-order valence-corrected chi connectivity index (χ0v) is 13.4. The molecule has 112 valence electrons. The highest BCUT2D eigenvalue weighted by Crippen LogP contribution is 2.35. The lowest BCUT2D eigenvalue weighted by Crippen LogP contribution is -2.40. The summed E-state index contributed by atoms with van der Waals surface area (Å²) in [6.07, 6.45) is 1.17. The Morgan fingerprint density at radius 1 is 1.40 bits per heavy atom. The van der Waals surface area contributed by atoms with Gasteiger partial charge in [0, 0.05) is 30.2 Å². The van der Waals surface area contributed by atoms with Gasteiger partial charge in [-0.25, -0.2) is 8.78 Å². The summed E-state index contributed by atoms with van der Waals surface area (Å²) in [6.45, 7) is 6.01. The van der Waals surface area contributed by atoms with Crippen molar-refractivity contribution in [3.05, 3.63) is 33.8 Å². The molecule has 0 saturated carbocycles. The SMILES string of the molecule is CC(C)NCC1(Cc2c(F)ccc(Br)c2F)CCOC1. The number of rotatable bonds is 5. The van der Waals surface area contributed by atoms with E-state index >= 15 is 0 Å². The Balaban J connectivity index is 2.22. The van der Waals surface area contributed by atoms with Crippen LogP contribution in [0.4, 0.5) is 8.78 Å². The highest BCUT2D eigenvalue weighted by atomic mass is 79.9. The number of ether oxygens (including phenoxy) is 1. The van der Waals surface area contributed by atoms with Crippen LogP contribution in [-0.2, 0) is 11.2 Å². The number of nitrogens with one attached hydrogen (secondary N) is 1. The topological polar surface area (TPSA) is 21.3 Å². The molecule has 1 N–H and O–H groups in total. The van der Waals surface area contributed by atoms with Crippen molar-refractivity contribution in [1.29, 1.82) is 0 Å². The van der Waals surface area contributed by atoms with E-state index in [1.807, 2.05) is 0 Å². The predicted octanol–water partition coefficient (Wildman–Crippen LogP) is 3.67. The molecule has 5 heteroatoms. The third kappa shape index (κ3) is 3.57. The van der Waals surface area contributed by atoms with E-state index in [4.69, 9.17) is 4.74 Å². The Kier molecular flexibility index (Phi) is 5.15. The molecule has 1 atom stereocenters. The van der Waals surface area contributed by atoms with Gasteiger partial charge in [-0.3, -0.25) is 0 Å². The Labute approximate surface area is 127 Å². The van der Waals surface area contributed by atoms with E-state index in [0.717, 1.165) is 6.42 Å². The first-order chi connectivity index (χ1) is 9.43. The highest BCUT2D eigenvalue weighted by Gasteiger charge is 2.36. The van der Waals surface area contributed by atoms with Crippen molar-refractivity contribution < 1.29 is 13.5 Å². The van der Waals surface area contributed by atoms with Crippen LogP contribution in [-0.4, -0.2) is 25.8 Å². The minimum atomic E-state index is -0.499. The van der Waals surface area contributed by atoms with Crippen molar-refractivity contribution >= 4 is 15.9 Å². The van der Waals surface area contributed by atoms with E-state index < -0.39 is 11.6 Å². The van der Waals surface area contributed by atoms with Gasteiger partial charge in [0.1, 0.15) is 11.6 Å². The Hall–Kier alpha value is -0.520. The van der Waals surface area contributed by atoms with Crippen molar-refractivity contribution in [2.24, 2.45) is 5.41 Å². The van der Waals surface area contributed by atoms with Gasteiger partial charge in [-0.05, 0) is 40.9 Å². The zero-order valence-electron chi connectivity index (χ0n) is 11.8. The number of hydrogen-bond donors (Lipinski definition) is 1. The van der Waals surface area contributed by atoms with Crippen LogP contribution in [0.5, 0.6) is 0 Å². The lowest BCUT2D eigenvalue weighted by atomic mass is 9.80. The lowest BCUT2D eigenvalue weighted by Gasteiger charge is -2.29. The van der Waals surface area contributed by atoms with Crippen molar-refractivity contribution in [2.45, 2.75) is 32.7 Å². The normalized spacial score (nSPS) is 22.7. The predicted molar refractivity (Wildman–Crippen MR) is 78.8 cm³/mol. The van der Waals surface area contributed by atoms with Gasteiger partial charge in [0.2, 0.25) is 0 Å². The molecule has 1 saturated heterocycles. The molecule has 1 fully saturated rings. The molecule has 1 heterocycles. The molecule has 0 bridgehead atoms. The average molecular weight is 348 g/mol. The van der Waals surface area contributed by atoms with Gasteiger partial charge in [-0.2, -0.15) is 0 Å². The van der Waals surface area contributed by atoms with Crippen molar-refractivity contribution in [2.75, 3.05) is 19.8 Å². The van der Waals surface area contributed by atoms with Crippen LogP contribution >= 0.6 is 15.9 Å². The number of halogens is 3. The fraction of sp³-hybridized carbons (Fsp3) is 0.600. The van der Waals surface area contributed by atoms with Crippen LogP contribution in [0, 0.1) is 17.0 Å². The molecule has 0 aromatic heterocycles. The maximum Gasteiger partial charge on any atom is 0.143 e. The van der Waals surface area contributed by atoms with E-state index in [2.05, 4.69) is 35.1 Å². The summed E-state index contributed by atoms with van der Waals surface area (Å²) in [5, 5.41) is 3.37. The molecule has 1 unspecified atom stereocenters.